The standard InChI is InChI=1S/C41H48N8O3/c1-25-7-13-32(14-8-25)45-40(52)46-39(43)41(17-18-44-24-37(50)49-33(23-42)21-31-22-36(31)49)34-15-11-27(26(2)47(3)4)19-28(34)9-10-29-20-30(12-16-35(29)41)38(51)48(5)6/h7-8,11-16,19-20,31,33,36,44H,2,9-10,17-18,21-22,24H2,1,3-6H3,(H3,43,45,46,52)/t31-,33?,36?,41?/m1/s1. The molecule has 3 unspecified atom stereocenters. The number of nitrogens with one attached hydrogen (secondary N) is 4. The number of amides is 4. The fourth-order valence-corrected chi connectivity index (χ4v) is 7.85. The fourth-order valence-electron chi connectivity index (χ4n) is 7.85. The Morgan fingerprint density at radius 3 is 2.19 bits per heavy atom. The van der Waals surface area contributed by atoms with Crippen molar-refractivity contribution in [2.24, 2.45) is 5.92 Å². The minimum atomic E-state index is -1.16. The molecule has 1 saturated heterocycles. The van der Waals surface area contributed by atoms with Gasteiger partial charge in [-0.15, -0.1) is 0 Å². The Kier molecular flexibility index (Phi) is 10.2. The van der Waals surface area contributed by atoms with E-state index in [0.29, 0.717) is 43.0 Å². The maximum atomic E-state index is 13.6. The normalized spacial score (nSPS) is 21.0. The van der Waals surface area contributed by atoms with Crippen LogP contribution >= 0.6 is 0 Å². The van der Waals surface area contributed by atoms with Gasteiger partial charge in [-0.25, -0.2) is 4.79 Å². The Bertz CT molecular complexity index is 1890. The first-order valence-electron chi connectivity index (χ1n) is 17.8. The smallest absolute Gasteiger partial charge is 0.324 e. The number of hydrogen-bond donors (Lipinski definition) is 4. The summed E-state index contributed by atoms with van der Waals surface area (Å²) in [6.07, 6.45) is 3.26. The molecule has 11 heteroatoms. The summed E-state index contributed by atoms with van der Waals surface area (Å²) in [5, 5.41) is 28.5. The lowest BCUT2D eigenvalue weighted by molar-refractivity contribution is -0.131. The molecule has 2 fully saturated rings. The first kappa shape index (κ1) is 36.3. The van der Waals surface area contributed by atoms with E-state index < -0.39 is 11.4 Å². The maximum Gasteiger partial charge on any atom is 0.324 e. The average Bonchev–Trinajstić information content (AvgIpc) is 3.82. The van der Waals surface area contributed by atoms with Crippen molar-refractivity contribution in [1.29, 1.82) is 10.7 Å². The molecule has 1 saturated carbocycles. The number of anilines is 1. The third-order valence-corrected chi connectivity index (χ3v) is 10.8. The van der Waals surface area contributed by atoms with Gasteiger partial charge >= 0.3 is 6.03 Å². The SMILES string of the molecule is C=C(c1ccc2c(c1)CCc1cc(C(=O)N(C)C)ccc1C2(CCNCC(=O)N1C(C#N)C[C@@H]2CC21)C(=N)NC(=O)Nc1ccc(C)cc1)N(C)C. The van der Waals surface area contributed by atoms with E-state index in [2.05, 4.69) is 34.7 Å². The van der Waals surface area contributed by atoms with E-state index in [1.807, 2.05) is 74.4 Å². The third-order valence-electron chi connectivity index (χ3n) is 10.8. The Balaban J connectivity index is 1.40. The summed E-state index contributed by atoms with van der Waals surface area (Å²) >= 11 is 0. The summed E-state index contributed by atoms with van der Waals surface area (Å²) in [7, 11) is 7.33. The van der Waals surface area contributed by atoms with E-state index in [4.69, 9.17) is 0 Å². The van der Waals surface area contributed by atoms with Crippen LogP contribution in [0.4, 0.5) is 10.5 Å². The van der Waals surface area contributed by atoms with Gasteiger partial charge in [0, 0.05) is 51.2 Å². The van der Waals surface area contributed by atoms with Crippen molar-refractivity contribution >= 4 is 35.1 Å². The molecule has 2 aliphatic carbocycles. The molecular formula is C41H48N8O3. The van der Waals surface area contributed by atoms with Gasteiger partial charge in [0.25, 0.3) is 5.91 Å². The van der Waals surface area contributed by atoms with Crippen molar-refractivity contribution < 1.29 is 14.4 Å². The second-order valence-corrected chi connectivity index (χ2v) is 14.7. The Hall–Kier alpha value is -5.47. The number of urea groups is 1. The number of piperidine rings is 1. The van der Waals surface area contributed by atoms with Crippen LogP contribution in [0.15, 0.2) is 67.2 Å². The number of amidine groups is 1. The highest BCUT2D eigenvalue weighted by atomic mass is 16.2. The van der Waals surface area contributed by atoms with Crippen LogP contribution in [0, 0.1) is 29.6 Å². The van der Waals surface area contributed by atoms with Crippen molar-refractivity contribution in [3.05, 3.63) is 106 Å². The van der Waals surface area contributed by atoms with Crippen LogP contribution in [0.25, 0.3) is 5.70 Å². The number of rotatable bonds is 10. The van der Waals surface area contributed by atoms with Gasteiger partial charge in [-0.2, -0.15) is 5.26 Å². The number of carbonyl (C=O) groups excluding carboxylic acids is 3. The Morgan fingerprint density at radius 1 is 0.942 bits per heavy atom. The lowest BCUT2D eigenvalue weighted by Gasteiger charge is -2.38. The summed E-state index contributed by atoms with van der Waals surface area (Å²) in [6.45, 7) is 6.64. The van der Waals surface area contributed by atoms with Crippen LogP contribution in [0.3, 0.4) is 0 Å². The molecule has 11 nitrogen and oxygen atoms in total. The van der Waals surface area contributed by atoms with E-state index in [-0.39, 0.29) is 36.3 Å². The second kappa shape index (κ2) is 14.6. The lowest BCUT2D eigenvalue weighted by Crippen LogP contribution is -2.50. The van der Waals surface area contributed by atoms with Crippen LogP contribution in [-0.2, 0) is 23.1 Å². The second-order valence-electron chi connectivity index (χ2n) is 14.7. The topological polar surface area (TPSA) is 145 Å². The fraction of sp³-hybridized carbons (Fsp3) is 0.390. The van der Waals surface area contributed by atoms with E-state index >= 15 is 0 Å². The number of hydrogen-bond acceptors (Lipinski definition) is 7. The highest BCUT2D eigenvalue weighted by Gasteiger charge is 2.54. The first-order chi connectivity index (χ1) is 24.8. The molecule has 0 bridgehead atoms. The number of likely N-dealkylation sites (tertiary alicyclic amines) is 1. The Morgan fingerprint density at radius 2 is 1.58 bits per heavy atom. The van der Waals surface area contributed by atoms with Gasteiger partial charge in [0.2, 0.25) is 5.91 Å². The minimum Gasteiger partial charge on any atom is -0.378 e. The third kappa shape index (κ3) is 7.03. The van der Waals surface area contributed by atoms with Gasteiger partial charge in [0.15, 0.2) is 0 Å². The van der Waals surface area contributed by atoms with Gasteiger partial charge in [-0.05, 0) is 110 Å². The number of nitriles is 1. The molecule has 4 N–H and O–H groups in total. The van der Waals surface area contributed by atoms with E-state index in [9.17, 15) is 25.1 Å². The van der Waals surface area contributed by atoms with Crippen molar-refractivity contribution in [2.75, 3.05) is 46.6 Å². The molecule has 3 aromatic carbocycles. The molecule has 4 amide bonds. The number of benzene rings is 3. The van der Waals surface area contributed by atoms with E-state index in [0.717, 1.165) is 51.9 Å². The average molecular weight is 701 g/mol. The van der Waals surface area contributed by atoms with Crippen LogP contribution in [-0.4, -0.2) is 91.7 Å². The zero-order valence-corrected chi connectivity index (χ0v) is 30.7. The zero-order chi connectivity index (χ0) is 37.3. The van der Waals surface area contributed by atoms with Gasteiger partial charge in [0.05, 0.1) is 18.0 Å². The van der Waals surface area contributed by atoms with Crippen LogP contribution in [0.1, 0.15) is 63.0 Å². The van der Waals surface area contributed by atoms with Crippen molar-refractivity contribution in [3.8, 4) is 6.07 Å². The Labute approximate surface area is 306 Å². The molecule has 4 atom stereocenters. The van der Waals surface area contributed by atoms with E-state index in [1.54, 1.807) is 30.0 Å². The number of carbonyl (C=O) groups is 3. The van der Waals surface area contributed by atoms with Gasteiger partial charge in [-0.1, -0.05) is 42.5 Å². The lowest BCUT2D eigenvalue weighted by atomic mass is 9.68. The highest BCUT2D eigenvalue weighted by molar-refractivity contribution is 6.08. The number of nitrogens with zero attached hydrogens (tertiary/aromatic N) is 4. The first-order valence-corrected chi connectivity index (χ1v) is 17.8. The maximum absolute atomic E-state index is 13.6. The monoisotopic (exact) mass is 700 g/mol. The van der Waals surface area contributed by atoms with Gasteiger partial charge in [-0.3, -0.25) is 20.3 Å². The summed E-state index contributed by atoms with van der Waals surface area (Å²) in [4.78, 5) is 45.3. The van der Waals surface area contributed by atoms with E-state index in [1.165, 1.54) is 0 Å². The predicted octanol–water partition coefficient (Wildman–Crippen LogP) is 4.91. The van der Waals surface area contributed by atoms with Crippen LogP contribution in [0.2, 0.25) is 0 Å². The van der Waals surface area contributed by atoms with Gasteiger partial charge in [0.1, 0.15) is 11.9 Å². The largest absolute Gasteiger partial charge is 0.378 e. The molecule has 3 aromatic rings. The van der Waals surface area contributed by atoms with Crippen molar-refractivity contribution in [3.63, 3.8) is 0 Å². The number of aryl methyl sites for hydroxylation is 3. The van der Waals surface area contributed by atoms with Crippen LogP contribution in [0.5, 0.6) is 0 Å². The van der Waals surface area contributed by atoms with Crippen molar-refractivity contribution in [1.82, 2.24) is 25.3 Å². The predicted molar refractivity (Wildman–Crippen MR) is 203 cm³/mol. The number of fused-ring (bicyclic) bond motifs is 3. The minimum absolute atomic E-state index is 0.0228. The molecule has 3 aliphatic rings. The van der Waals surface area contributed by atoms with Crippen LogP contribution < -0.4 is 16.0 Å². The zero-order valence-electron chi connectivity index (χ0n) is 30.7. The quantitative estimate of drug-likeness (QED) is 0.135. The summed E-state index contributed by atoms with van der Waals surface area (Å²) in [6, 6.07) is 20.7. The molecule has 0 aromatic heterocycles. The molecule has 1 heterocycles. The molecule has 52 heavy (non-hydrogen) atoms. The molecule has 6 rings (SSSR count). The van der Waals surface area contributed by atoms with Crippen molar-refractivity contribution in [2.45, 2.75) is 56.5 Å². The molecular weight excluding hydrogens is 653 g/mol. The molecule has 1 aliphatic heterocycles. The summed E-state index contributed by atoms with van der Waals surface area (Å²) in [5.41, 5.74) is 6.43. The molecule has 0 radical (unpaired) electrons. The molecule has 0 spiro atoms. The highest BCUT2D eigenvalue weighted by Crippen LogP contribution is 2.48. The summed E-state index contributed by atoms with van der Waals surface area (Å²) < 4.78 is 0. The van der Waals surface area contributed by atoms with Gasteiger partial charge < -0.3 is 25.3 Å². The molecule has 270 valence electrons. The summed E-state index contributed by atoms with van der Waals surface area (Å²) in [5.74, 6) is 0.175.